The number of phenolic OH excluding ortho intramolecular Hbond substituents is 6. The van der Waals surface area contributed by atoms with E-state index in [0.717, 1.165) is 0 Å². The number of aliphatic hydroxyl groups is 8. The van der Waals surface area contributed by atoms with Gasteiger partial charge in [0, 0.05) is 23.0 Å². The molecule has 4 aromatic carbocycles. The average molecular weight is 779 g/mol. The number of fused-ring (bicyclic) bond motifs is 1. The van der Waals surface area contributed by atoms with Crippen molar-refractivity contribution in [3.05, 3.63) is 106 Å². The van der Waals surface area contributed by atoms with Crippen LogP contribution < -0.4 is 0 Å². The van der Waals surface area contributed by atoms with E-state index in [-0.39, 0.29) is 28.2 Å². The van der Waals surface area contributed by atoms with Crippen molar-refractivity contribution in [1.29, 1.82) is 0 Å². The topological polar surface area (TPSA) is 302 Å². The van der Waals surface area contributed by atoms with E-state index in [0.29, 0.717) is 16.7 Å². The van der Waals surface area contributed by atoms with Crippen LogP contribution in [0.15, 0.2) is 66.7 Å². The van der Waals surface area contributed by atoms with Crippen LogP contribution in [-0.4, -0.2) is 134 Å². The number of rotatable bonds is 7. The number of benzene rings is 4. The quantitative estimate of drug-likeness (QED) is 0.121. The van der Waals surface area contributed by atoms with Crippen molar-refractivity contribution < 1.29 is 81.0 Å². The second-order valence-corrected chi connectivity index (χ2v) is 14.3. The highest BCUT2D eigenvalue weighted by atomic mass is 16.6. The lowest BCUT2D eigenvalue weighted by Gasteiger charge is -2.41. The SMILES string of the molecule is OC[C@H]1O[C@@H](c2c(O)cc([C@H]3c4c(cc(O)c([C@@H]5[C@@H](O)[C@H](O)[C@@H](CO)O[C@H]5O)c4O)/C(=C\c4ccc(O)cc4)[C@@H]3c3ccc(O)cc3)cc2O)[C@H](O)[C@@H](O)[C@@H]1O. The van der Waals surface area contributed by atoms with Crippen molar-refractivity contribution in [3.63, 3.8) is 0 Å². The fourth-order valence-corrected chi connectivity index (χ4v) is 8.28. The van der Waals surface area contributed by atoms with E-state index < -0.39 is 120 Å². The summed E-state index contributed by atoms with van der Waals surface area (Å²) in [4.78, 5) is 0. The predicted octanol–water partition coefficient (Wildman–Crippen LogP) is 0.420. The van der Waals surface area contributed by atoms with Gasteiger partial charge in [-0.05, 0) is 70.3 Å². The zero-order chi connectivity index (χ0) is 40.3. The minimum atomic E-state index is -1.94. The first-order valence-corrected chi connectivity index (χ1v) is 17.7. The van der Waals surface area contributed by atoms with Gasteiger partial charge in [0.25, 0.3) is 0 Å². The smallest absolute Gasteiger partial charge is 0.164 e. The highest BCUT2D eigenvalue weighted by molar-refractivity contribution is 5.93. The summed E-state index contributed by atoms with van der Waals surface area (Å²) in [5.41, 5.74) is 1.11. The van der Waals surface area contributed by atoms with E-state index in [1.54, 1.807) is 30.3 Å². The first kappa shape index (κ1) is 39.3. The number of phenols is 6. The third kappa shape index (κ3) is 6.58. The van der Waals surface area contributed by atoms with E-state index in [2.05, 4.69) is 0 Å². The van der Waals surface area contributed by atoms with Crippen molar-refractivity contribution in [1.82, 2.24) is 0 Å². The standard InChI is InChI=1S/C40H42O16/c41-13-25-34(49)37(52)38(53)39(55-25)30-22(45)10-17(11-23(30)46)28-27(16-3-7-19(44)8-4-16)20(9-15-1-5-18(43)6-2-15)21-12-24(47)31(35(50)29(21)28)32-36(51)33(48)26(14-42)56-40(32)54/h1-12,25-28,32-34,36-54H,13-14H2/b20-9+/t25-,26-,27+,28-,32-,33-,34-,36-,37+,38-,39+,40-/m1/s1. The Morgan fingerprint density at radius 2 is 1.05 bits per heavy atom. The lowest BCUT2D eigenvalue weighted by Crippen LogP contribution is -2.55. The summed E-state index contributed by atoms with van der Waals surface area (Å²) in [5.74, 6) is -6.32. The minimum absolute atomic E-state index is 0.0188. The van der Waals surface area contributed by atoms with Crippen molar-refractivity contribution in [2.24, 2.45) is 0 Å². The molecule has 0 saturated carbocycles. The Balaban J connectivity index is 1.47. The number of ether oxygens (including phenoxy) is 2. The van der Waals surface area contributed by atoms with E-state index >= 15 is 0 Å². The summed E-state index contributed by atoms with van der Waals surface area (Å²) in [6.45, 7) is -1.54. The molecule has 0 amide bonds. The van der Waals surface area contributed by atoms with Gasteiger partial charge in [0.2, 0.25) is 0 Å². The van der Waals surface area contributed by atoms with E-state index in [1.807, 2.05) is 0 Å². The molecule has 2 aliphatic heterocycles. The molecule has 12 atom stereocenters. The van der Waals surface area contributed by atoms with Gasteiger partial charge in [0.15, 0.2) is 6.29 Å². The fraction of sp³-hybridized carbons (Fsp3) is 0.350. The van der Waals surface area contributed by atoms with Crippen molar-refractivity contribution in [2.75, 3.05) is 13.2 Å². The van der Waals surface area contributed by atoms with E-state index in [1.165, 1.54) is 42.5 Å². The van der Waals surface area contributed by atoms with Crippen LogP contribution in [0.3, 0.4) is 0 Å². The zero-order valence-electron chi connectivity index (χ0n) is 29.3. The summed E-state index contributed by atoms with van der Waals surface area (Å²) >= 11 is 0. The normalized spacial score (nSPS) is 32.4. The number of hydrogen-bond donors (Lipinski definition) is 14. The van der Waals surface area contributed by atoms with Crippen LogP contribution in [0.4, 0.5) is 0 Å². The van der Waals surface area contributed by atoms with Crippen LogP contribution in [0, 0.1) is 0 Å². The van der Waals surface area contributed by atoms with Gasteiger partial charge in [0.05, 0.1) is 30.8 Å². The Hall–Kier alpha value is -4.98. The molecule has 1 aliphatic carbocycles. The first-order valence-electron chi connectivity index (χ1n) is 17.7. The fourth-order valence-electron chi connectivity index (χ4n) is 8.28. The molecule has 0 bridgehead atoms. The molecule has 0 spiro atoms. The maximum Gasteiger partial charge on any atom is 0.164 e. The third-order valence-electron chi connectivity index (χ3n) is 11.0. The summed E-state index contributed by atoms with van der Waals surface area (Å²) < 4.78 is 11.0. The van der Waals surface area contributed by atoms with E-state index in [4.69, 9.17) is 9.47 Å². The zero-order valence-corrected chi connectivity index (χ0v) is 29.3. The van der Waals surface area contributed by atoms with Gasteiger partial charge in [-0.1, -0.05) is 30.3 Å². The molecule has 2 fully saturated rings. The molecule has 2 heterocycles. The van der Waals surface area contributed by atoms with Gasteiger partial charge in [-0.25, -0.2) is 0 Å². The van der Waals surface area contributed by atoms with E-state index in [9.17, 15) is 71.5 Å². The average Bonchev–Trinajstić information content (AvgIpc) is 3.48. The monoisotopic (exact) mass is 778 g/mol. The van der Waals surface area contributed by atoms with Gasteiger partial charge in [0.1, 0.15) is 77.2 Å². The number of allylic oxidation sites excluding steroid dienone is 1. The molecule has 0 unspecified atom stereocenters. The Labute approximate surface area is 318 Å². The van der Waals surface area contributed by atoms with Gasteiger partial charge in [-0.2, -0.15) is 0 Å². The molecule has 298 valence electrons. The molecule has 7 rings (SSSR count). The Kier molecular flexibility index (Phi) is 10.6. The Bertz CT molecular complexity index is 2080. The van der Waals surface area contributed by atoms with Crippen LogP contribution in [0.25, 0.3) is 11.6 Å². The van der Waals surface area contributed by atoms with Crippen molar-refractivity contribution in [2.45, 2.75) is 72.9 Å². The van der Waals surface area contributed by atoms with Crippen LogP contribution in [-0.2, 0) is 9.47 Å². The molecule has 14 N–H and O–H groups in total. The lowest BCUT2D eigenvalue weighted by atomic mass is 9.77. The predicted molar refractivity (Wildman–Crippen MR) is 194 cm³/mol. The maximum absolute atomic E-state index is 12.3. The van der Waals surface area contributed by atoms with Crippen LogP contribution in [0.1, 0.15) is 62.8 Å². The second-order valence-electron chi connectivity index (χ2n) is 14.3. The van der Waals surface area contributed by atoms with Gasteiger partial charge >= 0.3 is 0 Å². The largest absolute Gasteiger partial charge is 0.508 e. The third-order valence-corrected chi connectivity index (χ3v) is 11.0. The minimum Gasteiger partial charge on any atom is -0.508 e. The Morgan fingerprint density at radius 3 is 1.64 bits per heavy atom. The molecule has 0 aromatic heterocycles. The molecular formula is C40H42O16. The Morgan fingerprint density at radius 1 is 0.518 bits per heavy atom. The lowest BCUT2D eigenvalue weighted by molar-refractivity contribution is -0.251. The molecule has 3 aliphatic rings. The van der Waals surface area contributed by atoms with Crippen LogP contribution in [0.2, 0.25) is 0 Å². The molecule has 2 saturated heterocycles. The number of aliphatic hydroxyl groups excluding tert-OH is 8. The van der Waals surface area contributed by atoms with Crippen molar-refractivity contribution in [3.8, 4) is 34.5 Å². The number of hydrogen-bond acceptors (Lipinski definition) is 16. The maximum atomic E-state index is 12.3. The summed E-state index contributed by atoms with van der Waals surface area (Å²) in [5, 5.41) is 151. The molecule has 16 nitrogen and oxygen atoms in total. The van der Waals surface area contributed by atoms with Crippen LogP contribution in [0.5, 0.6) is 34.5 Å². The highest BCUT2D eigenvalue weighted by Crippen LogP contribution is 2.61. The summed E-state index contributed by atoms with van der Waals surface area (Å²) in [7, 11) is 0. The summed E-state index contributed by atoms with van der Waals surface area (Å²) in [6, 6.07) is 15.8. The molecule has 4 aromatic rings. The number of aromatic hydroxyl groups is 6. The van der Waals surface area contributed by atoms with Gasteiger partial charge in [-0.15, -0.1) is 0 Å². The molecule has 56 heavy (non-hydrogen) atoms. The second kappa shape index (κ2) is 15.2. The summed E-state index contributed by atoms with van der Waals surface area (Å²) in [6.07, 6.45) is -13.7. The van der Waals surface area contributed by atoms with Gasteiger partial charge in [-0.3, -0.25) is 0 Å². The van der Waals surface area contributed by atoms with Gasteiger partial charge < -0.3 is 81.0 Å². The molecular weight excluding hydrogens is 736 g/mol. The first-order chi connectivity index (χ1) is 26.7. The molecule has 16 heteroatoms. The van der Waals surface area contributed by atoms with Crippen molar-refractivity contribution >= 4 is 11.6 Å². The highest BCUT2D eigenvalue weighted by Gasteiger charge is 2.50. The van der Waals surface area contributed by atoms with Crippen LogP contribution >= 0.6 is 0 Å². The molecule has 0 radical (unpaired) electrons.